The summed E-state index contributed by atoms with van der Waals surface area (Å²) in [6.07, 6.45) is 13.0. The third-order valence-corrected chi connectivity index (χ3v) is 8.40. The van der Waals surface area contributed by atoms with Gasteiger partial charge >= 0.3 is 5.97 Å². The van der Waals surface area contributed by atoms with Gasteiger partial charge in [0.2, 0.25) is 5.91 Å². The minimum atomic E-state index is -0.568. The Morgan fingerprint density at radius 2 is 1.93 bits per heavy atom. The first-order chi connectivity index (χ1) is 20.8. The number of amides is 1. The van der Waals surface area contributed by atoms with Crippen LogP contribution in [0.5, 0.6) is 0 Å². The van der Waals surface area contributed by atoms with Crippen LogP contribution >= 0.6 is 0 Å². The van der Waals surface area contributed by atoms with Crippen molar-refractivity contribution in [2.75, 3.05) is 26.7 Å². The number of allylic oxidation sites excluding steroid dienone is 9. The summed E-state index contributed by atoms with van der Waals surface area (Å²) >= 11 is 0. The van der Waals surface area contributed by atoms with E-state index in [1.165, 1.54) is 7.11 Å². The molecule has 1 aromatic carbocycles. The molecule has 1 fully saturated rings. The van der Waals surface area contributed by atoms with Crippen LogP contribution < -0.4 is 5.32 Å². The van der Waals surface area contributed by atoms with E-state index < -0.39 is 5.97 Å². The molecule has 0 aromatic heterocycles. The Bertz CT molecular complexity index is 1340. The van der Waals surface area contributed by atoms with E-state index >= 15 is 0 Å². The molecule has 0 radical (unpaired) electrons. The summed E-state index contributed by atoms with van der Waals surface area (Å²) in [4.78, 5) is 27.8. The SMILES string of the molecule is COC(=O)/C(=C\C1=CC=C(OCc2ccccc2)CC1)NC(=O)CC1CCN(CCCC2=CC(C#N)=C(F)CC2C)CC1. The maximum absolute atomic E-state index is 13.9. The van der Waals surface area contributed by atoms with Crippen molar-refractivity contribution in [1.29, 1.82) is 5.26 Å². The summed E-state index contributed by atoms with van der Waals surface area (Å²) in [5, 5.41) is 11.9. The molecule has 8 heteroatoms. The van der Waals surface area contributed by atoms with E-state index in [-0.39, 0.29) is 34.8 Å². The molecule has 1 heterocycles. The Kier molecular flexibility index (Phi) is 11.9. The first-order valence-corrected chi connectivity index (χ1v) is 15.2. The van der Waals surface area contributed by atoms with Crippen LogP contribution in [0.1, 0.15) is 63.9 Å². The van der Waals surface area contributed by atoms with Gasteiger partial charge < -0.3 is 19.7 Å². The maximum Gasteiger partial charge on any atom is 0.354 e. The fourth-order valence-corrected chi connectivity index (χ4v) is 5.78. The monoisotopic (exact) mass is 587 g/mol. The van der Waals surface area contributed by atoms with Gasteiger partial charge in [0, 0.05) is 19.3 Å². The average molecular weight is 588 g/mol. The molecule has 1 amide bonds. The molecule has 1 aromatic rings. The third kappa shape index (κ3) is 9.79. The summed E-state index contributed by atoms with van der Waals surface area (Å²) < 4.78 is 24.7. The quantitative estimate of drug-likeness (QED) is 0.220. The highest BCUT2D eigenvalue weighted by Gasteiger charge is 2.24. The topological polar surface area (TPSA) is 91.7 Å². The Morgan fingerprint density at radius 3 is 2.60 bits per heavy atom. The summed E-state index contributed by atoms with van der Waals surface area (Å²) in [5.74, 6) is 0.220. The molecular formula is C35H42FN3O4. The van der Waals surface area contributed by atoms with Gasteiger partial charge in [-0.15, -0.1) is 0 Å². The average Bonchev–Trinajstić information content (AvgIpc) is 3.02. The Morgan fingerprint density at radius 1 is 1.16 bits per heavy atom. The third-order valence-electron chi connectivity index (χ3n) is 8.40. The van der Waals surface area contributed by atoms with Crippen molar-refractivity contribution < 1.29 is 23.5 Å². The highest BCUT2D eigenvalue weighted by molar-refractivity contribution is 5.94. The van der Waals surface area contributed by atoms with E-state index in [4.69, 9.17) is 14.7 Å². The van der Waals surface area contributed by atoms with Gasteiger partial charge in [0.15, 0.2) is 0 Å². The van der Waals surface area contributed by atoms with E-state index in [9.17, 15) is 14.0 Å². The fraction of sp³-hybridized carbons (Fsp3) is 0.457. The van der Waals surface area contributed by atoms with Crippen LogP contribution in [-0.4, -0.2) is 43.5 Å². The van der Waals surface area contributed by atoms with Gasteiger partial charge in [-0.25, -0.2) is 9.18 Å². The minimum absolute atomic E-state index is 0.132. The van der Waals surface area contributed by atoms with Gasteiger partial charge in [0.25, 0.3) is 0 Å². The van der Waals surface area contributed by atoms with Gasteiger partial charge in [-0.3, -0.25) is 4.79 Å². The Hall–Kier alpha value is -3.96. The number of nitriles is 1. The van der Waals surface area contributed by atoms with Gasteiger partial charge in [-0.1, -0.05) is 48.9 Å². The number of rotatable bonds is 12. The molecule has 1 unspecified atom stereocenters. The van der Waals surface area contributed by atoms with Crippen molar-refractivity contribution in [2.24, 2.45) is 11.8 Å². The van der Waals surface area contributed by atoms with Gasteiger partial charge in [0.05, 0.1) is 18.4 Å². The lowest BCUT2D eigenvalue weighted by Gasteiger charge is -2.32. The molecule has 0 bridgehead atoms. The zero-order valence-electron chi connectivity index (χ0n) is 25.2. The second kappa shape index (κ2) is 16.0. The summed E-state index contributed by atoms with van der Waals surface area (Å²) in [7, 11) is 1.31. The minimum Gasteiger partial charge on any atom is -0.493 e. The maximum atomic E-state index is 13.9. The van der Waals surface area contributed by atoms with Crippen LogP contribution in [0, 0.1) is 23.2 Å². The number of hydrogen-bond donors (Lipinski definition) is 1. The smallest absolute Gasteiger partial charge is 0.354 e. The number of esters is 1. The number of halogens is 1. The highest BCUT2D eigenvalue weighted by atomic mass is 19.1. The van der Waals surface area contributed by atoms with E-state index in [2.05, 4.69) is 10.2 Å². The van der Waals surface area contributed by atoms with Crippen molar-refractivity contribution in [3.63, 3.8) is 0 Å². The Labute approximate surface area is 254 Å². The lowest BCUT2D eigenvalue weighted by Crippen LogP contribution is -2.37. The van der Waals surface area contributed by atoms with Gasteiger partial charge in [-0.05, 0) is 92.9 Å². The number of hydrogen-bond acceptors (Lipinski definition) is 6. The van der Waals surface area contributed by atoms with Crippen molar-refractivity contribution in [2.45, 2.75) is 64.9 Å². The van der Waals surface area contributed by atoms with Crippen LogP contribution in [-0.2, 0) is 25.7 Å². The first-order valence-electron chi connectivity index (χ1n) is 15.2. The summed E-state index contributed by atoms with van der Waals surface area (Å²) in [6.45, 7) is 5.29. The molecule has 1 saturated heterocycles. The number of methoxy groups -OCH3 is 1. The molecule has 4 rings (SSSR count). The molecule has 0 saturated carbocycles. The van der Waals surface area contributed by atoms with E-state index in [0.717, 1.165) is 67.8 Å². The molecule has 228 valence electrons. The number of piperidine rings is 1. The van der Waals surface area contributed by atoms with E-state index in [0.29, 0.717) is 32.3 Å². The number of ether oxygens (including phenoxy) is 2. The molecule has 3 aliphatic rings. The number of nitrogens with zero attached hydrogens (tertiary/aromatic N) is 2. The number of nitrogens with one attached hydrogen (secondary N) is 1. The Balaban J connectivity index is 1.21. The van der Waals surface area contributed by atoms with Crippen LogP contribution in [0.25, 0.3) is 0 Å². The number of carbonyl (C=O) groups excluding carboxylic acids is 2. The normalized spacial score (nSPS) is 20.0. The van der Waals surface area contributed by atoms with Crippen molar-refractivity contribution in [3.8, 4) is 6.07 Å². The second-order valence-electron chi connectivity index (χ2n) is 11.6. The second-order valence-corrected chi connectivity index (χ2v) is 11.6. The first kappa shape index (κ1) is 32.0. The predicted octanol–water partition coefficient (Wildman–Crippen LogP) is 6.58. The molecule has 7 nitrogen and oxygen atoms in total. The molecular weight excluding hydrogens is 545 g/mol. The molecule has 0 spiro atoms. The summed E-state index contributed by atoms with van der Waals surface area (Å²) in [6, 6.07) is 12.0. The zero-order valence-corrected chi connectivity index (χ0v) is 25.2. The highest BCUT2D eigenvalue weighted by Crippen LogP contribution is 2.32. The lowest BCUT2D eigenvalue weighted by molar-refractivity contribution is -0.138. The fourth-order valence-electron chi connectivity index (χ4n) is 5.78. The van der Waals surface area contributed by atoms with Crippen LogP contribution in [0.2, 0.25) is 0 Å². The number of carbonyl (C=O) groups is 2. The number of likely N-dealkylation sites (tertiary alicyclic amines) is 1. The van der Waals surface area contributed by atoms with Crippen molar-refractivity contribution in [3.05, 3.63) is 94.2 Å². The summed E-state index contributed by atoms with van der Waals surface area (Å²) in [5.41, 5.74) is 3.50. The molecule has 43 heavy (non-hydrogen) atoms. The van der Waals surface area contributed by atoms with Crippen LogP contribution in [0.4, 0.5) is 4.39 Å². The van der Waals surface area contributed by atoms with E-state index in [1.807, 2.05) is 55.5 Å². The van der Waals surface area contributed by atoms with E-state index in [1.54, 1.807) is 12.2 Å². The van der Waals surface area contributed by atoms with Gasteiger partial charge in [0.1, 0.15) is 24.2 Å². The molecule has 1 atom stereocenters. The van der Waals surface area contributed by atoms with Crippen molar-refractivity contribution in [1.82, 2.24) is 10.2 Å². The van der Waals surface area contributed by atoms with Gasteiger partial charge in [-0.2, -0.15) is 5.26 Å². The van der Waals surface area contributed by atoms with Crippen LogP contribution in [0.15, 0.2) is 88.6 Å². The molecule has 2 aliphatic carbocycles. The largest absolute Gasteiger partial charge is 0.493 e. The molecule has 1 aliphatic heterocycles. The zero-order chi connectivity index (χ0) is 30.6. The molecule has 1 N–H and O–H groups in total. The standard InChI is InChI=1S/C35H42FN3O4/c1-25-19-32(36)30(23-37)22-29(25)9-6-16-39-17-14-27(15-18-39)21-34(40)38-33(35(41)42-2)20-26-10-12-31(13-11-26)43-24-28-7-4-3-5-8-28/h3-5,7-8,10,12,20,22,25,27H,6,9,11,13-19,21,24H2,1-2H3,(H,38,40)/b33-20+. The van der Waals surface area contributed by atoms with Crippen molar-refractivity contribution >= 4 is 11.9 Å². The number of benzene rings is 1. The lowest BCUT2D eigenvalue weighted by atomic mass is 9.86. The van der Waals surface area contributed by atoms with Crippen LogP contribution in [0.3, 0.4) is 0 Å². The predicted molar refractivity (Wildman–Crippen MR) is 163 cm³/mol.